The van der Waals surface area contributed by atoms with E-state index in [1.165, 1.54) is 25.3 Å². The molecule has 0 bridgehead atoms. The van der Waals surface area contributed by atoms with E-state index in [-0.39, 0.29) is 17.3 Å². The number of halogens is 1. The third kappa shape index (κ3) is 4.54. The first kappa shape index (κ1) is 18.9. The van der Waals surface area contributed by atoms with E-state index in [0.29, 0.717) is 23.7 Å². The first-order valence-corrected chi connectivity index (χ1v) is 8.39. The van der Waals surface area contributed by atoms with Crippen LogP contribution in [0.2, 0.25) is 0 Å². The number of ether oxygens (including phenoxy) is 3. The molecule has 1 N–H and O–H groups in total. The van der Waals surface area contributed by atoms with Crippen LogP contribution < -0.4 is 14.2 Å². The number of aromatic hydroxyl groups is 1. The molecular formula is C19H19BrO5. The van der Waals surface area contributed by atoms with Crippen molar-refractivity contribution < 1.29 is 24.1 Å². The number of allylic oxidation sites excluding steroid dienone is 1. The molecule has 0 atom stereocenters. The summed E-state index contributed by atoms with van der Waals surface area (Å²) in [7, 11) is 3.00. The topological polar surface area (TPSA) is 65.0 Å². The van der Waals surface area contributed by atoms with Crippen LogP contribution in [0, 0.1) is 0 Å². The second kappa shape index (κ2) is 8.58. The molecule has 0 fully saturated rings. The summed E-state index contributed by atoms with van der Waals surface area (Å²) < 4.78 is 16.6. The van der Waals surface area contributed by atoms with Crippen molar-refractivity contribution in [3.05, 3.63) is 52.0 Å². The summed E-state index contributed by atoms with van der Waals surface area (Å²) >= 11 is 3.44. The van der Waals surface area contributed by atoms with E-state index in [1.54, 1.807) is 25.3 Å². The Morgan fingerprint density at radius 1 is 1.16 bits per heavy atom. The van der Waals surface area contributed by atoms with Gasteiger partial charge in [0, 0.05) is 5.56 Å². The number of phenolic OH excluding ortho intramolecular Hbond substituents is 1. The number of methoxy groups -OCH3 is 2. The molecule has 0 aromatic heterocycles. The first-order valence-electron chi connectivity index (χ1n) is 7.59. The van der Waals surface area contributed by atoms with Crippen LogP contribution in [0.25, 0.3) is 6.08 Å². The molecule has 0 aliphatic carbocycles. The van der Waals surface area contributed by atoms with Gasteiger partial charge in [0.05, 0.1) is 25.3 Å². The Morgan fingerprint density at radius 3 is 2.56 bits per heavy atom. The minimum atomic E-state index is -0.205. The highest BCUT2D eigenvalue weighted by Gasteiger charge is 2.11. The van der Waals surface area contributed by atoms with E-state index >= 15 is 0 Å². The van der Waals surface area contributed by atoms with Crippen LogP contribution >= 0.6 is 15.9 Å². The zero-order chi connectivity index (χ0) is 18.4. The van der Waals surface area contributed by atoms with Crippen molar-refractivity contribution in [3.63, 3.8) is 0 Å². The smallest absolute Gasteiger partial charge is 0.185 e. The lowest BCUT2D eigenvalue weighted by molar-refractivity contribution is 0.104. The highest BCUT2D eigenvalue weighted by atomic mass is 79.9. The quantitative estimate of drug-likeness (QED) is 0.542. The van der Waals surface area contributed by atoms with Crippen LogP contribution in [0.15, 0.2) is 40.9 Å². The van der Waals surface area contributed by atoms with E-state index in [4.69, 9.17) is 14.2 Å². The molecule has 25 heavy (non-hydrogen) atoms. The average Bonchev–Trinajstić information content (AvgIpc) is 2.60. The fourth-order valence-corrected chi connectivity index (χ4v) is 2.87. The molecule has 0 spiro atoms. The van der Waals surface area contributed by atoms with Crippen molar-refractivity contribution in [2.45, 2.75) is 6.92 Å². The molecular weight excluding hydrogens is 388 g/mol. The third-order valence-electron chi connectivity index (χ3n) is 3.43. The van der Waals surface area contributed by atoms with Gasteiger partial charge in [-0.15, -0.1) is 0 Å². The molecule has 2 rings (SSSR count). The van der Waals surface area contributed by atoms with Crippen LogP contribution in [0.3, 0.4) is 0 Å². The number of rotatable bonds is 7. The summed E-state index contributed by atoms with van der Waals surface area (Å²) in [6.45, 7) is 2.39. The van der Waals surface area contributed by atoms with Crippen LogP contribution in [-0.4, -0.2) is 31.7 Å². The molecule has 0 saturated carbocycles. The molecule has 0 radical (unpaired) electrons. The van der Waals surface area contributed by atoms with Gasteiger partial charge in [-0.25, -0.2) is 0 Å². The second-order valence-corrected chi connectivity index (χ2v) is 5.91. The minimum Gasteiger partial charge on any atom is -0.504 e. The standard InChI is InChI=1S/C19H19BrO5/c1-4-25-18-10-12(9-14(20)19(18)24-3)5-7-15(21)13-6-8-16(22)17(11-13)23-2/h5-11,22H,4H2,1-3H3. The number of ketones is 1. The van der Waals surface area contributed by atoms with Crippen molar-refractivity contribution >= 4 is 27.8 Å². The normalized spacial score (nSPS) is 10.7. The Kier molecular flexibility index (Phi) is 6.47. The number of hydrogen-bond acceptors (Lipinski definition) is 5. The van der Waals surface area contributed by atoms with Gasteiger partial charge in [0.1, 0.15) is 0 Å². The molecule has 0 amide bonds. The van der Waals surface area contributed by atoms with Crippen molar-refractivity contribution in [2.75, 3.05) is 20.8 Å². The highest BCUT2D eigenvalue weighted by molar-refractivity contribution is 9.10. The lowest BCUT2D eigenvalue weighted by atomic mass is 10.1. The van der Waals surface area contributed by atoms with Crippen LogP contribution in [0.1, 0.15) is 22.8 Å². The van der Waals surface area contributed by atoms with E-state index in [0.717, 1.165) is 10.0 Å². The monoisotopic (exact) mass is 406 g/mol. The molecule has 0 aliphatic rings. The number of carbonyl (C=O) groups is 1. The molecule has 5 nitrogen and oxygen atoms in total. The van der Waals surface area contributed by atoms with E-state index in [2.05, 4.69) is 15.9 Å². The minimum absolute atomic E-state index is 0.0107. The fourth-order valence-electron chi connectivity index (χ4n) is 2.24. The maximum Gasteiger partial charge on any atom is 0.185 e. The van der Waals surface area contributed by atoms with Gasteiger partial charge in [0.2, 0.25) is 0 Å². The zero-order valence-corrected chi connectivity index (χ0v) is 15.8. The van der Waals surface area contributed by atoms with Crippen molar-refractivity contribution in [1.82, 2.24) is 0 Å². The maximum atomic E-state index is 12.3. The van der Waals surface area contributed by atoms with E-state index in [9.17, 15) is 9.90 Å². The van der Waals surface area contributed by atoms with Crippen molar-refractivity contribution in [3.8, 4) is 23.0 Å². The molecule has 6 heteroatoms. The maximum absolute atomic E-state index is 12.3. The number of phenols is 1. The summed E-state index contributed by atoms with van der Waals surface area (Å²) in [5, 5.41) is 9.60. The van der Waals surface area contributed by atoms with Gasteiger partial charge >= 0.3 is 0 Å². The lowest BCUT2D eigenvalue weighted by Crippen LogP contribution is -1.97. The zero-order valence-electron chi connectivity index (χ0n) is 14.2. The van der Waals surface area contributed by atoms with Gasteiger partial charge in [0.25, 0.3) is 0 Å². The molecule has 0 saturated heterocycles. The molecule has 2 aromatic carbocycles. The van der Waals surface area contributed by atoms with Gasteiger partial charge in [-0.05, 0) is 64.8 Å². The number of hydrogen-bond donors (Lipinski definition) is 1. The second-order valence-electron chi connectivity index (χ2n) is 5.05. The predicted octanol–water partition coefficient (Wildman–Crippen LogP) is 4.47. The summed E-state index contributed by atoms with van der Waals surface area (Å²) in [6, 6.07) is 8.10. The molecule has 2 aromatic rings. The van der Waals surface area contributed by atoms with E-state index in [1.807, 2.05) is 13.0 Å². The summed E-state index contributed by atoms with van der Waals surface area (Å²) in [6.07, 6.45) is 3.14. The Balaban J connectivity index is 2.28. The fraction of sp³-hybridized carbons (Fsp3) is 0.211. The van der Waals surface area contributed by atoms with Gasteiger partial charge < -0.3 is 19.3 Å². The lowest BCUT2D eigenvalue weighted by Gasteiger charge is -2.12. The van der Waals surface area contributed by atoms with Crippen LogP contribution in [0.4, 0.5) is 0 Å². The first-order chi connectivity index (χ1) is 12.0. The average molecular weight is 407 g/mol. The Hall–Kier alpha value is -2.47. The molecule has 0 heterocycles. The Bertz CT molecular complexity index is 799. The summed E-state index contributed by atoms with van der Waals surface area (Å²) in [5.74, 6) is 1.24. The molecule has 132 valence electrons. The largest absolute Gasteiger partial charge is 0.504 e. The van der Waals surface area contributed by atoms with E-state index < -0.39 is 0 Å². The van der Waals surface area contributed by atoms with Gasteiger partial charge in [-0.1, -0.05) is 6.08 Å². The Labute approximate surface area is 155 Å². The Morgan fingerprint density at radius 2 is 1.92 bits per heavy atom. The summed E-state index contributed by atoms with van der Waals surface area (Å²) in [5.41, 5.74) is 1.21. The van der Waals surface area contributed by atoms with Crippen LogP contribution in [-0.2, 0) is 0 Å². The third-order valence-corrected chi connectivity index (χ3v) is 4.02. The van der Waals surface area contributed by atoms with Gasteiger partial charge in [0.15, 0.2) is 28.8 Å². The number of benzene rings is 2. The van der Waals surface area contributed by atoms with Crippen molar-refractivity contribution in [1.29, 1.82) is 0 Å². The van der Waals surface area contributed by atoms with Gasteiger partial charge in [-0.3, -0.25) is 4.79 Å². The SMILES string of the molecule is CCOc1cc(C=CC(=O)c2ccc(O)c(OC)c2)cc(Br)c1OC. The molecule has 0 aliphatic heterocycles. The number of carbonyl (C=O) groups excluding carboxylic acids is 1. The summed E-state index contributed by atoms with van der Waals surface area (Å²) in [4.78, 5) is 12.3. The van der Waals surface area contributed by atoms with Crippen molar-refractivity contribution in [2.24, 2.45) is 0 Å². The van der Waals surface area contributed by atoms with Gasteiger partial charge in [-0.2, -0.15) is 0 Å². The highest BCUT2D eigenvalue weighted by Crippen LogP contribution is 2.37. The molecule has 0 unspecified atom stereocenters. The van der Waals surface area contributed by atoms with Crippen LogP contribution in [0.5, 0.6) is 23.0 Å². The predicted molar refractivity (Wildman–Crippen MR) is 99.9 cm³/mol.